The molecule has 1 aliphatic carbocycles. The Morgan fingerprint density at radius 3 is 2.43 bits per heavy atom. The second-order valence-electron chi connectivity index (χ2n) is 6.91. The van der Waals surface area contributed by atoms with Gasteiger partial charge in [0.05, 0.1) is 0 Å². The van der Waals surface area contributed by atoms with E-state index in [0.29, 0.717) is 24.1 Å². The fraction of sp³-hybridized carbons (Fsp3) is 0.211. The molecule has 0 aromatic heterocycles. The molecule has 1 spiro atoms. The monoisotopic (exact) mass is 386 g/mol. The van der Waals surface area contributed by atoms with Gasteiger partial charge in [0.25, 0.3) is 5.91 Å². The van der Waals surface area contributed by atoms with E-state index in [-0.39, 0.29) is 12.5 Å². The normalized spacial score (nSPS) is 19.9. The lowest BCUT2D eigenvalue weighted by Crippen LogP contribution is -2.47. The van der Waals surface area contributed by atoms with E-state index < -0.39 is 29.2 Å². The second kappa shape index (κ2) is 6.59. The van der Waals surface area contributed by atoms with Crippen molar-refractivity contribution < 1.29 is 23.2 Å². The molecule has 1 fully saturated rings. The summed E-state index contributed by atoms with van der Waals surface area (Å²) in [6.07, 6.45) is 0.719. The van der Waals surface area contributed by atoms with Gasteiger partial charge in [-0.1, -0.05) is 6.07 Å². The number of amides is 5. The van der Waals surface area contributed by atoms with E-state index in [9.17, 15) is 23.2 Å². The topological polar surface area (TPSA) is 99.3 Å². The SMILES string of the molecule is O=C(NCc1cc(F)cc(F)c1)Nc1ccc2c(c1)CC1(C2)NC(=O)NC1=O. The molecule has 144 valence electrons. The Morgan fingerprint density at radius 2 is 1.75 bits per heavy atom. The van der Waals surface area contributed by atoms with Gasteiger partial charge < -0.3 is 16.0 Å². The number of anilines is 1. The number of imide groups is 1. The summed E-state index contributed by atoms with van der Waals surface area (Å²) in [5.74, 6) is -1.79. The summed E-state index contributed by atoms with van der Waals surface area (Å²) in [6.45, 7) is -0.0409. The van der Waals surface area contributed by atoms with E-state index in [1.165, 1.54) is 0 Å². The largest absolute Gasteiger partial charge is 0.334 e. The average Bonchev–Trinajstić information content (AvgIpc) is 3.10. The molecule has 0 radical (unpaired) electrons. The highest BCUT2D eigenvalue weighted by molar-refractivity contribution is 6.07. The van der Waals surface area contributed by atoms with Crippen LogP contribution in [0.25, 0.3) is 0 Å². The quantitative estimate of drug-likeness (QED) is 0.607. The van der Waals surface area contributed by atoms with Gasteiger partial charge in [0.2, 0.25) is 0 Å². The molecule has 1 heterocycles. The zero-order chi connectivity index (χ0) is 19.9. The van der Waals surface area contributed by atoms with Crippen LogP contribution >= 0.6 is 0 Å². The Kier molecular flexibility index (Phi) is 4.21. The molecule has 1 unspecified atom stereocenters. The molecule has 5 amide bonds. The molecule has 0 bridgehead atoms. The Morgan fingerprint density at radius 1 is 1.04 bits per heavy atom. The van der Waals surface area contributed by atoms with Crippen molar-refractivity contribution in [2.45, 2.75) is 24.9 Å². The van der Waals surface area contributed by atoms with Gasteiger partial charge in [0, 0.05) is 31.1 Å². The molecule has 9 heteroatoms. The van der Waals surface area contributed by atoms with Crippen LogP contribution < -0.4 is 21.3 Å². The van der Waals surface area contributed by atoms with Crippen LogP contribution in [-0.4, -0.2) is 23.5 Å². The van der Waals surface area contributed by atoms with Crippen molar-refractivity contribution in [3.05, 3.63) is 64.7 Å². The third-order valence-electron chi connectivity index (χ3n) is 4.84. The second-order valence-corrected chi connectivity index (χ2v) is 6.91. The summed E-state index contributed by atoms with van der Waals surface area (Å²) in [5, 5.41) is 10.1. The summed E-state index contributed by atoms with van der Waals surface area (Å²) < 4.78 is 26.4. The van der Waals surface area contributed by atoms with Crippen LogP contribution in [0.4, 0.5) is 24.1 Å². The third kappa shape index (κ3) is 3.38. The van der Waals surface area contributed by atoms with Crippen LogP contribution in [0.15, 0.2) is 36.4 Å². The number of hydrogen-bond donors (Lipinski definition) is 4. The van der Waals surface area contributed by atoms with Gasteiger partial charge >= 0.3 is 12.1 Å². The molecule has 1 aliphatic heterocycles. The van der Waals surface area contributed by atoms with Crippen molar-refractivity contribution in [3.63, 3.8) is 0 Å². The summed E-state index contributed by atoms with van der Waals surface area (Å²) in [5.41, 5.74) is 1.60. The van der Waals surface area contributed by atoms with Gasteiger partial charge in [-0.3, -0.25) is 10.1 Å². The number of nitrogens with one attached hydrogen (secondary N) is 4. The zero-order valence-corrected chi connectivity index (χ0v) is 14.6. The predicted octanol–water partition coefficient (Wildman–Crippen LogP) is 1.96. The predicted molar refractivity (Wildman–Crippen MR) is 95.5 cm³/mol. The summed E-state index contributed by atoms with van der Waals surface area (Å²) in [6, 6.07) is 7.21. The van der Waals surface area contributed by atoms with Gasteiger partial charge in [-0.15, -0.1) is 0 Å². The van der Waals surface area contributed by atoms with E-state index in [1.54, 1.807) is 18.2 Å². The lowest BCUT2D eigenvalue weighted by atomic mass is 9.96. The highest BCUT2D eigenvalue weighted by atomic mass is 19.1. The highest BCUT2D eigenvalue weighted by Gasteiger charge is 2.49. The van der Waals surface area contributed by atoms with Crippen molar-refractivity contribution in [3.8, 4) is 0 Å². The zero-order valence-electron chi connectivity index (χ0n) is 14.6. The molecule has 1 saturated heterocycles. The summed E-state index contributed by atoms with van der Waals surface area (Å²) >= 11 is 0. The maximum absolute atomic E-state index is 13.2. The molecule has 7 nitrogen and oxygen atoms in total. The van der Waals surface area contributed by atoms with Crippen molar-refractivity contribution in [1.82, 2.24) is 16.0 Å². The molecule has 2 aromatic rings. The number of rotatable bonds is 3. The first-order valence-corrected chi connectivity index (χ1v) is 8.58. The van der Waals surface area contributed by atoms with E-state index in [2.05, 4.69) is 21.3 Å². The first-order chi connectivity index (χ1) is 13.3. The minimum Gasteiger partial charge on any atom is -0.334 e. The van der Waals surface area contributed by atoms with Gasteiger partial charge in [-0.2, -0.15) is 0 Å². The van der Waals surface area contributed by atoms with Crippen LogP contribution in [0.2, 0.25) is 0 Å². The van der Waals surface area contributed by atoms with Crippen LogP contribution in [0, 0.1) is 11.6 Å². The van der Waals surface area contributed by atoms with Crippen LogP contribution in [-0.2, 0) is 24.2 Å². The molecule has 2 aromatic carbocycles. The fourth-order valence-electron chi connectivity index (χ4n) is 3.60. The Labute approximate surface area is 158 Å². The Balaban J connectivity index is 1.40. The smallest absolute Gasteiger partial charge is 0.322 e. The first kappa shape index (κ1) is 17.9. The van der Waals surface area contributed by atoms with E-state index in [0.717, 1.165) is 29.3 Å². The van der Waals surface area contributed by atoms with Crippen molar-refractivity contribution in [2.24, 2.45) is 0 Å². The summed E-state index contributed by atoms with van der Waals surface area (Å²) in [7, 11) is 0. The molecule has 28 heavy (non-hydrogen) atoms. The van der Waals surface area contributed by atoms with Crippen LogP contribution in [0.3, 0.4) is 0 Å². The number of halogens is 2. The Bertz CT molecular complexity index is 990. The Hall–Kier alpha value is -3.49. The van der Waals surface area contributed by atoms with Crippen molar-refractivity contribution in [1.29, 1.82) is 0 Å². The van der Waals surface area contributed by atoms with E-state index in [4.69, 9.17) is 0 Å². The fourth-order valence-corrected chi connectivity index (χ4v) is 3.60. The van der Waals surface area contributed by atoms with E-state index in [1.807, 2.05) is 0 Å². The molecule has 0 saturated carbocycles. The van der Waals surface area contributed by atoms with Crippen LogP contribution in [0.1, 0.15) is 16.7 Å². The van der Waals surface area contributed by atoms with Gasteiger partial charge in [-0.05, 0) is 41.0 Å². The molecule has 4 N–H and O–H groups in total. The first-order valence-electron chi connectivity index (χ1n) is 8.58. The van der Waals surface area contributed by atoms with Crippen molar-refractivity contribution >= 4 is 23.7 Å². The molecular weight excluding hydrogens is 370 g/mol. The average molecular weight is 386 g/mol. The lowest BCUT2D eigenvalue weighted by molar-refractivity contribution is -0.123. The maximum Gasteiger partial charge on any atom is 0.322 e. The summed E-state index contributed by atoms with van der Waals surface area (Å²) in [4.78, 5) is 35.6. The molecular formula is C19H16F2N4O3. The standard InChI is InChI=1S/C19H16F2N4O3/c20-13-3-10(4-14(21)6-13)9-22-17(27)23-15-2-1-11-7-19(8-12(11)5-15)16(26)24-18(28)25-19/h1-6H,7-9H2,(H2,22,23,27)(H2,24,25,26,28). The third-order valence-corrected chi connectivity index (χ3v) is 4.84. The van der Waals surface area contributed by atoms with Gasteiger partial charge in [-0.25, -0.2) is 18.4 Å². The maximum atomic E-state index is 13.2. The lowest BCUT2D eigenvalue weighted by Gasteiger charge is -2.18. The molecule has 4 rings (SSSR count). The van der Waals surface area contributed by atoms with E-state index >= 15 is 0 Å². The minimum absolute atomic E-state index is 0.0409. The number of carbonyl (C=O) groups is 3. The molecule has 2 aliphatic rings. The minimum atomic E-state index is -0.970. The van der Waals surface area contributed by atoms with Gasteiger partial charge in [0.1, 0.15) is 17.2 Å². The molecule has 1 atom stereocenters. The highest BCUT2D eigenvalue weighted by Crippen LogP contribution is 2.33. The number of fused-ring (bicyclic) bond motifs is 1. The number of carbonyl (C=O) groups excluding carboxylic acids is 3. The van der Waals surface area contributed by atoms with Crippen molar-refractivity contribution in [2.75, 3.05) is 5.32 Å². The number of hydrogen-bond acceptors (Lipinski definition) is 3. The van der Waals surface area contributed by atoms with Crippen LogP contribution in [0.5, 0.6) is 0 Å². The number of benzene rings is 2. The van der Waals surface area contributed by atoms with Gasteiger partial charge in [0.15, 0.2) is 0 Å². The number of urea groups is 2.